The molecule has 2 rings (SSSR count). The zero-order valence-electron chi connectivity index (χ0n) is 16.4. The molecule has 2 aromatic rings. The highest BCUT2D eigenvalue weighted by molar-refractivity contribution is 6.10. The second kappa shape index (κ2) is 9.98. The maximum absolute atomic E-state index is 12.6. The molecule has 5 nitrogen and oxygen atoms in total. The Labute approximate surface area is 165 Å². The van der Waals surface area contributed by atoms with E-state index in [2.05, 4.69) is 11.9 Å². The number of hydrogen-bond acceptors (Lipinski definition) is 4. The lowest BCUT2D eigenvalue weighted by Crippen LogP contribution is -2.14. The molecule has 144 valence electrons. The maximum Gasteiger partial charge on any atom is 0.266 e. The monoisotopic (exact) mass is 376 g/mol. The van der Waals surface area contributed by atoms with E-state index in [1.54, 1.807) is 24.3 Å². The number of anilines is 1. The van der Waals surface area contributed by atoms with Crippen LogP contribution in [-0.2, 0) is 4.79 Å². The molecule has 0 aromatic heterocycles. The van der Waals surface area contributed by atoms with Crippen LogP contribution in [0, 0.1) is 25.2 Å². The molecule has 5 heteroatoms. The number of nitrogens with one attached hydrogen (secondary N) is 1. The van der Waals surface area contributed by atoms with Crippen LogP contribution in [0.25, 0.3) is 6.08 Å². The van der Waals surface area contributed by atoms with Crippen LogP contribution in [0.3, 0.4) is 0 Å². The number of benzene rings is 2. The fourth-order valence-electron chi connectivity index (χ4n) is 2.53. The van der Waals surface area contributed by atoms with Crippen LogP contribution in [0.4, 0.5) is 5.69 Å². The van der Waals surface area contributed by atoms with E-state index in [4.69, 9.17) is 9.47 Å². The first-order valence-corrected chi connectivity index (χ1v) is 8.99. The summed E-state index contributed by atoms with van der Waals surface area (Å²) in [5.41, 5.74) is 3.32. The Hall–Kier alpha value is -3.52. The van der Waals surface area contributed by atoms with E-state index >= 15 is 0 Å². The van der Waals surface area contributed by atoms with Crippen LogP contribution >= 0.6 is 0 Å². The van der Waals surface area contributed by atoms with Gasteiger partial charge in [-0.1, -0.05) is 30.9 Å². The number of amides is 1. The number of nitrogens with zero attached hydrogens (tertiary/aromatic N) is 1. The summed E-state index contributed by atoms with van der Waals surface area (Å²) in [6, 6.07) is 13.0. The van der Waals surface area contributed by atoms with Crippen molar-refractivity contribution in [1.82, 2.24) is 0 Å². The van der Waals surface area contributed by atoms with Crippen molar-refractivity contribution < 1.29 is 14.3 Å². The van der Waals surface area contributed by atoms with Gasteiger partial charge in [0.25, 0.3) is 5.91 Å². The van der Waals surface area contributed by atoms with Crippen molar-refractivity contribution in [2.75, 3.05) is 18.5 Å². The maximum atomic E-state index is 12.6. The zero-order valence-corrected chi connectivity index (χ0v) is 16.4. The smallest absolute Gasteiger partial charge is 0.266 e. The molecule has 0 radical (unpaired) electrons. The summed E-state index contributed by atoms with van der Waals surface area (Å²) < 4.78 is 11.2. The molecule has 0 atom stereocenters. The third kappa shape index (κ3) is 5.49. The Balaban J connectivity index is 2.28. The molecular weight excluding hydrogens is 352 g/mol. The number of rotatable bonds is 8. The van der Waals surface area contributed by atoms with E-state index < -0.39 is 5.91 Å². The number of carbonyl (C=O) groups is 1. The summed E-state index contributed by atoms with van der Waals surface area (Å²) in [5.74, 6) is 0.670. The van der Waals surface area contributed by atoms with Gasteiger partial charge in [0, 0.05) is 5.69 Å². The highest BCUT2D eigenvalue weighted by Gasteiger charge is 2.12. The van der Waals surface area contributed by atoms with Crippen molar-refractivity contribution in [3.63, 3.8) is 0 Å². The molecular formula is C23H24N2O3. The van der Waals surface area contributed by atoms with Gasteiger partial charge in [-0.25, -0.2) is 0 Å². The lowest BCUT2D eigenvalue weighted by atomic mass is 10.1. The molecule has 0 spiro atoms. The van der Waals surface area contributed by atoms with Crippen molar-refractivity contribution >= 4 is 17.7 Å². The van der Waals surface area contributed by atoms with E-state index in [1.165, 1.54) is 6.08 Å². The number of ether oxygens (including phenoxy) is 2. The second-order valence-electron chi connectivity index (χ2n) is 6.18. The number of hydrogen-bond donors (Lipinski definition) is 1. The lowest BCUT2D eigenvalue weighted by molar-refractivity contribution is -0.112. The van der Waals surface area contributed by atoms with E-state index in [9.17, 15) is 10.1 Å². The Morgan fingerprint density at radius 1 is 1.18 bits per heavy atom. The SMILES string of the molecule is C=CCOc1ccc(/C=C(/C#N)C(=O)Nc2cc(C)ccc2C)cc1OCC. The molecule has 0 unspecified atom stereocenters. The van der Waals surface area contributed by atoms with E-state index in [1.807, 2.05) is 45.0 Å². The van der Waals surface area contributed by atoms with Crippen molar-refractivity contribution in [3.8, 4) is 17.6 Å². The first-order chi connectivity index (χ1) is 13.5. The molecule has 0 aliphatic rings. The van der Waals surface area contributed by atoms with Crippen LogP contribution in [0.15, 0.2) is 54.6 Å². The van der Waals surface area contributed by atoms with Crippen molar-refractivity contribution in [2.24, 2.45) is 0 Å². The third-order valence-electron chi connectivity index (χ3n) is 3.94. The summed E-state index contributed by atoms with van der Waals surface area (Å²) in [4.78, 5) is 12.6. The van der Waals surface area contributed by atoms with Gasteiger partial charge in [0.05, 0.1) is 6.61 Å². The van der Waals surface area contributed by atoms with Gasteiger partial charge in [0.2, 0.25) is 0 Å². The van der Waals surface area contributed by atoms with Crippen molar-refractivity contribution in [3.05, 3.63) is 71.3 Å². The van der Waals surface area contributed by atoms with E-state index in [0.717, 1.165) is 11.1 Å². The molecule has 0 bridgehead atoms. The summed E-state index contributed by atoms with van der Waals surface area (Å²) in [6.45, 7) is 10.2. The Morgan fingerprint density at radius 3 is 2.64 bits per heavy atom. The normalized spacial score (nSPS) is 10.7. The average molecular weight is 376 g/mol. The Kier molecular flexibility index (Phi) is 7.41. The molecule has 0 saturated carbocycles. The number of nitriles is 1. The first-order valence-electron chi connectivity index (χ1n) is 8.99. The zero-order chi connectivity index (χ0) is 20.5. The number of aryl methyl sites for hydroxylation is 2. The van der Waals surface area contributed by atoms with Gasteiger partial charge in [0.15, 0.2) is 11.5 Å². The first kappa shape index (κ1) is 20.8. The summed E-state index contributed by atoms with van der Waals surface area (Å²) in [7, 11) is 0. The average Bonchev–Trinajstić information content (AvgIpc) is 2.68. The van der Waals surface area contributed by atoms with Crippen LogP contribution in [0.5, 0.6) is 11.5 Å². The lowest BCUT2D eigenvalue weighted by Gasteiger charge is -2.12. The quantitative estimate of drug-likeness (QED) is 0.408. The predicted molar refractivity (Wildman–Crippen MR) is 111 cm³/mol. The molecule has 0 aliphatic heterocycles. The van der Waals surface area contributed by atoms with Crippen LogP contribution in [0.2, 0.25) is 0 Å². The molecule has 0 aliphatic carbocycles. The summed E-state index contributed by atoms with van der Waals surface area (Å²) in [6.07, 6.45) is 3.18. The second-order valence-corrected chi connectivity index (χ2v) is 6.18. The fourth-order valence-corrected chi connectivity index (χ4v) is 2.53. The highest BCUT2D eigenvalue weighted by Crippen LogP contribution is 2.29. The largest absolute Gasteiger partial charge is 0.490 e. The van der Waals surface area contributed by atoms with Gasteiger partial charge in [-0.15, -0.1) is 0 Å². The van der Waals surface area contributed by atoms with Crippen LogP contribution in [-0.4, -0.2) is 19.1 Å². The minimum Gasteiger partial charge on any atom is -0.490 e. The predicted octanol–water partition coefficient (Wildman–Crippen LogP) is 4.81. The minimum atomic E-state index is -0.457. The van der Waals surface area contributed by atoms with Gasteiger partial charge >= 0.3 is 0 Å². The molecule has 0 saturated heterocycles. The molecule has 0 fully saturated rings. The van der Waals surface area contributed by atoms with E-state index in [-0.39, 0.29) is 5.57 Å². The van der Waals surface area contributed by atoms with Gasteiger partial charge in [-0.2, -0.15) is 5.26 Å². The molecule has 1 amide bonds. The van der Waals surface area contributed by atoms with Gasteiger partial charge in [-0.3, -0.25) is 4.79 Å². The van der Waals surface area contributed by atoms with Crippen molar-refractivity contribution in [2.45, 2.75) is 20.8 Å². The summed E-state index contributed by atoms with van der Waals surface area (Å²) >= 11 is 0. The number of carbonyl (C=O) groups excluding carboxylic acids is 1. The summed E-state index contributed by atoms with van der Waals surface area (Å²) in [5, 5.41) is 12.3. The minimum absolute atomic E-state index is 0.00288. The Bertz CT molecular complexity index is 939. The van der Waals surface area contributed by atoms with E-state index in [0.29, 0.717) is 36.0 Å². The van der Waals surface area contributed by atoms with Crippen LogP contribution in [0.1, 0.15) is 23.6 Å². The molecule has 2 aromatic carbocycles. The third-order valence-corrected chi connectivity index (χ3v) is 3.94. The molecule has 28 heavy (non-hydrogen) atoms. The fraction of sp³-hybridized carbons (Fsp3) is 0.217. The molecule has 1 N–H and O–H groups in total. The standard InChI is InChI=1S/C23H24N2O3/c1-5-11-28-21-10-9-18(14-22(21)27-6-2)13-19(15-24)23(26)25-20-12-16(3)7-8-17(20)4/h5,7-10,12-14H,1,6,11H2,2-4H3,(H,25,26)/b19-13-. The van der Waals surface area contributed by atoms with Crippen LogP contribution < -0.4 is 14.8 Å². The van der Waals surface area contributed by atoms with Gasteiger partial charge in [-0.05, 0) is 61.7 Å². The van der Waals surface area contributed by atoms with Crippen molar-refractivity contribution in [1.29, 1.82) is 5.26 Å². The Morgan fingerprint density at radius 2 is 1.96 bits per heavy atom. The topological polar surface area (TPSA) is 71.3 Å². The van der Waals surface area contributed by atoms with Gasteiger partial charge in [0.1, 0.15) is 18.2 Å². The van der Waals surface area contributed by atoms with Gasteiger partial charge < -0.3 is 14.8 Å². The molecule has 0 heterocycles. The highest BCUT2D eigenvalue weighted by atomic mass is 16.5.